The highest BCUT2D eigenvalue weighted by atomic mass is 16.6. The highest BCUT2D eigenvalue weighted by molar-refractivity contribution is 5.81. The number of rotatable bonds is 10. The van der Waals surface area contributed by atoms with Gasteiger partial charge in [-0.05, 0) is 32.2 Å². The van der Waals surface area contributed by atoms with E-state index in [-0.39, 0.29) is 12.0 Å². The van der Waals surface area contributed by atoms with E-state index in [1.807, 2.05) is 13.8 Å². The Kier molecular flexibility index (Phi) is 10.7. The summed E-state index contributed by atoms with van der Waals surface area (Å²) in [6, 6.07) is -0.546. The monoisotopic (exact) mass is 288 g/mol. The van der Waals surface area contributed by atoms with Gasteiger partial charge in [-0.2, -0.15) is 0 Å². The molecule has 1 atom stereocenters. The average molecular weight is 288 g/mol. The number of alkyl carbamates (subject to hydrolysis) is 1. The zero-order valence-electron chi connectivity index (χ0n) is 12.5. The van der Waals surface area contributed by atoms with Crippen LogP contribution in [0.1, 0.15) is 39.5 Å². The number of hydrogen-bond donors (Lipinski definition) is 4. The molecule has 6 N–H and O–H groups in total. The maximum Gasteiger partial charge on any atom is 0.407 e. The topological polar surface area (TPSA) is 119 Å². The molecule has 0 fully saturated rings. The second kappa shape index (κ2) is 11.5. The fourth-order valence-electron chi connectivity index (χ4n) is 1.60. The van der Waals surface area contributed by atoms with Crippen molar-refractivity contribution in [2.45, 2.75) is 51.7 Å². The zero-order chi connectivity index (χ0) is 15.4. The molecule has 0 radical (unpaired) electrons. The summed E-state index contributed by atoms with van der Waals surface area (Å²) in [5.74, 6) is -0.228. The lowest BCUT2D eigenvalue weighted by Gasteiger charge is -2.15. The minimum Gasteiger partial charge on any atom is -0.446 e. The molecule has 0 saturated carbocycles. The first kappa shape index (κ1) is 18.7. The minimum absolute atomic E-state index is 0.0609. The summed E-state index contributed by atoms with van der Waals surface area (Å²) >= 11 is 0. The van der Waals surface area contributed by atoms with Crippen LogP contribution >= 0.6 is 0 Å². The maximum atomic E-state index is 11.5. The fourth-order valence-corrected chi connectivity index (χ4v) is 1.60. The number of carbonyl (C=O) groups excluding carboxylic acids is 2. The molecule has 0 aliphatic carbocycles. The molecule has 0 spiro atoms. The third kappa shape index (κ3) is 8.71. The quantitative estimate of drug-likeness (QED) is 0.424. The Morgan fingerprint density at radius 3 is 2.30 bits per heavy atom. The molecule has 7 nitrogen and oxygen atoms in total. The number of amides is 2. The second-order valence-corrected chi connectivity index (χ2v) is 4.60. The summed E-state index contributed by atoms with van der Waals surface area (Å²) in [4.78, 5) is 22.9. The lowest BCUT2D eigenvalue weighted by molar-refractivity contribution is -0.122. The van der Waals surface area contributed by atoms with Crippen molar-refractivity contribution in [1.29, 1.82) is 0 Å². The van der Waals surface area contributed by atoms with Crippen molar-refractivity contribution in [1.82, 2.24) is 10.6 Å². The Balaban J connectivity index is 3.69. The molecule has 0 rings (SSSR count). The number of carbonyl (C=O) groups is 2. The Labute approximate surface area is 120 Å². The molecule has 7 heteroatoms. The first-order chi connectivity index (χ1) is 9.54. The van der Waals surface area contributed by atoms with Crippen LogP contribution in [0.3, 0.4) is 0 Å². The van der Waals surface area contributed by atoms with Gasteiger partial charge in [-0.1, -0.05) is 13.8 Å². The van der Waals surface area contributed by atoms with Crippen LogP contribution in [-0.4, -0.2) is 43.8 Å². The molecule has 0 aromatic rings. The summed E-state index contributed by atoms with van der Waals surface area (Å²) in [6.07, 6.45) is 2.34. The maximum absolute atomic E-state index is 11.5. The lowest BCUT2D eigenvalue weighted by Crippen LogP contribution is -2.44. The summed E-state index contributed by atoms with van der Waals surface area (Å²) in [7, 11) is 0. The largest absolute Gasteiger partial charge is 0.446 e. The van der Waals surface area contributed by atoms with Gasteiger partial charge in [0.25, 0.3) is 0 Å². The van der Waals surface area contributed by atoms with Crippen molar-refractivity contribution < 1.29 is 14.3 Å². The van der Waals surface area contributed by atoms with Gasteiger partial charge in [0.05, 0.1) is 6.04 Å². The van der Waals surface area contributed by atoms with E-state index in [0.717, 1.165) is 12.8 Å². The smallest absolute Gasteiger partial charge is 0.407 e. The second-order valence-electron chi connectivity index (χ2n) is 4.60. The van der Waals surface area contributed by atoms with Crippen molar-refractivity contribution in [3.63, 3.8) is 0 Å². The predicted molar refractivity (Wildman–Crippen MR) is 78.1 cm³/mol. The minimum atomic E-state index is -0.546. The summed E-state index contributed by atoms with van der Waals surface area (Å²) in [6.45, 7) is 5.08. The lowest BCUT2D eigenvalue weighted by atomic mass is 10.1. The average Bonchev–Trinajstić information content (AvgIpc) is 2.46. The van der Waals surface area contributed by atoms with Crippen molar-refractivity contribution >= 4 is 12.0 Å². The van der Waals surface area contributed by atoms with Gasteiger partial charge in [0.2, 0.25) is 5.91 Å². The number of hydrogen-bond acceptors (Lipinski definition) is 5. The Morgan fingerprint density at radius 1 is 1.15 bits per heavy atom. The first-order valence-electron chi connectivity index (χ1n) is 7.22. The van der Waals surface area contributed by atoms with Gasteiger partial charge in [-0.3, -0.25) is 4.79 Å². The summed E-state index contributed by atoms with van der Waals surface area (Å²) in [5, 5.41) is 5.24. The van der Waals surface area contributed by atoms with E-state index in [0.29, 0.717) is 32.5 Å². The van der Waals surface area contributed by atoms with Crippen LogP contribution < -0.4 is 22.1 Å². The standard InChI is InChI=1S/C13H28N4O3/c1-3-10(4-2)20-13(19)17-9-8-16-12(18)11(15)6-5-7-14/h10-11H,3-9,14-15H2,1-2H3,(H,16,18)(H,17,19). The van der Waals surface area contributed by atoms with Gasteiger partial charge in [0.1, 0.15) is 6.10 Å². The Hall–Kier alpha value is -1.34. The molecule has 0 heterocycles. The van der Waals surface area contributed by atoms with E-state index in [1.54, 1.807) is 0 Å². The summed E-state index contributed by atoms with van der Waals surface area (Å²) in [5.41, 5.74) is 11.0. The van der Waals surface area contributed by atoms with Gasteiger partial charge in [-0.15, -0.1) is 0 Å². The normalized spacial score (nSPS) is 12.1. The van der Waals surface area contributed by atoms with Gasteiger partial charge in [0, 0.05) is 13.1 Å². The third-order valence-corrected chi connectivity index (χ3v) is 2.93. The van der Waals surface area contributed by atoms with Crippen molar-refractivity contribution in [3.8, 4) is 0 Å². The van der Waals surface area contributed by atoms with E-state index in [4.69, 9.17) is 16.2 Å². The molecule has 2 amide bonds. The first-order valence-corrected chi connectivity index (χ1v) is 7.22. The van der Waals surface area contributed by atoms with Gasteiger partial charge >= 0.3 is 6.09 Å². The molecule has 118 valence electrons. The Morgan fingerprint density at radius 2 is 1.75 bits per heavy atom. The van der Waals surface area contributed by atoms with Crippen LogP contribution in [0, 0.1) is 0 Å². The van der Waals surface area contributed by atoms with Crippen LogP contribution in [0.4, 0.5) is 4.79 Å². The highest BCUT2D eigenvalue weighted by Crippen LogP contribution is 2.02. The predicted octanol–water partition coefficient (Wildman–Crippen LogP) is 0.0836. The van der Waals surface area contributed by atoms with Gasteiger partial charge in [-0.25, -0.2) is 4.79 Å². The molecule has 0 aliphatic heterocycles. The number of nitrogens with two attached hydrogens (primary N) is 2. The molecule has 0 saturated heterocycles. The van der Waals surface area contributed by atoms with Crippen molar-refractivity contribution in [2.24, 2.45) is 11.5 Å². The zero-order valence-corrected chi connectivity index (χ0v) is 12.5. The van der Waals surface area contributed by atoms with Crippen molar-refractivity contribution in [3.05, 3.63) is 0 Å². The fraction of sp³-hybridized carbons (Fsp3) is 0.846. The van der Waals surface area contributed by atoms with Gasteiger partial charge < -0.3 is 26.8 Å². The SMILES string of the molecule is CCC(CC)OC(=O)NCCNC(=O)C(N)CCCN. The van der Waals surface area contributed by atoms with E-state index in [1.165, 1.54) is 0 Å². The van der Waals surface area contributed by atoms with Crippen LogP contribution in [0.5, 0.6) is 0 Å². The molecule has 20 heavy (non-hydrogen) atoms. The number of ether oxygens (including phenoxy) is 1. The molecular formula is C13H28N4O3. The van der Waals surface area contributed by atoms with E-state index in [9.17, 15) is 9.59 Å². The molecular weight excluding hydrogens is 260 g/mol. The Bertz CT molecular complexity index is 283. The molecule has 0 bridgehead atoms. The molecule has 0 aliphatic rings. The summed E-state index contributed by atoms with van der Waals surface area (Å²) < 4.78 is 5.16. The van der Waals surface area contributed by atoms with E-state index < -0.39 is 12.1 Å². The van der Waals surface area contributed by atoms with E-state index in [2.05, 4.69) is 10.6 Å². The van der Waals surface area contributed by atoms with Crippen LogP contribution in [0.15, 0.2) is 0 Å². The third-order valence-electron chi connectivity index (χ3n) is 2.93. The molecule has 0 aromatic carbocycles. The van der Waals surface area contributed by atoms with Crippen LogP contribution in [0.25, 0.3) is 0 Å². The number of nitrogens with one attached hydrogen (secondary N) is 2. The van der Waals surface area contributed by atoms with E-state index >= 15 is 0 Å². The highest BCUT2D eigenvalue weighted by Gasteiger charge is 2.12. The van der Waals surface area contributed by atoms with Gasteiger partial charge in [0.15, 0.2) is 0 Å². The van der Waals surface area contributed by atoms with Crippen LogP contribution in [-0.2, 0) is 9.53 Å². The van der Waals surface area contributed by atoms with Crippen molar-refractivity contribution in [2.75, 3.05) is 19.6 Å². The molecule has 0 aromatic heterocycles. The molecule has 1 unspecified atom stereocenters. The van der Waals surface area contributed by atoms with Crippen LogP contribution in [0.2, 0.25) is 0 Å².